The first kappa shape index (κ1) is 9.85. The molecule has 0 aromatic heterocycles. The van der Waals surface area contributed by atoms with Crippen molar-refractivity contribution in [1.29, 1.82) is 0 Å². The van der Waals surface area contributed by atoms with Gasteiger partial charge in [0, 0.05) is 5.69 Å². The van der Waals surface area contributed by atoms with Crippen molar-refractivity contribution in [3.05, 3.63) is 29.8 Å². The molecular formula is C13H16N2O. The van der Waals surface area contributed by atoms with E-state index in [1.807, 2.05) is 18.2 Å². The molecule has 84 valence electrons. The number of hydrogen-bond acceptors (Lipinski definition) is 2. The summed E-state index contributed by atoms with van der Waals surface area (Å²) in [5.41, 5.74) is 1.97. The summed E-state index contributed by atoms with van der Waals surface area (Å²) in [4.78, 5) is 14.5. The van der Waals surface area contributed by atoms with E-state index < -0.39 is 0 Å². The predicted octanol–water partition coefficient (Wildman–Crippen LogP) is 1.60. The minimum atomic E-state index is -0.247. The van der Waals surface area contributed by atoms with E-state index in [9.17, 15) is 4.79 Å². The highest BCUT2D eigenvalue weighted by atomic mass is 16.2. The fourth-order valence-corrected chi connectivity index (χ4v) is 2.87. The molecule has 0 aliphatic carbocycles. The third-order valence-electron chi connectivity index (χ3n) is 3.97. The number of nitrogens with zero attached hydrogens (tertiary/aromatic N) is 1. The number of nitrogens with one attached hydrogen (secondary N) is 1. The van der Waals surface area contributed by atoms with Gasteiger partial charge < -0.3 is 10.2 Å². The van der Waals surface area contributed by atoms with Crippen molar-refractivity contribution in [2.24, 2.45) is 0 Å². The number of piperidine rings is 1. The Bertz CT molecular complexity index is 433. The Morgan fingerprint density at radius 3 is 2.69 bits per heavy atom. The second-order valence-electron chi connectivity index (χ2n) is 4.89. The maximum Gasteiger partial charge on any atom is 0.235 e. The number of fused-ring (bicyclic) bond motifs is 2. The van der Waals surface area contributed by atoms with E-state index in [1.165, 1.54) is 5.56 Å². The molecule has 1 amide bonds. The van der Waals surface area contributed by atoms with Gasteiger partial charge in [0.25, 0.3) is 0 Å². The van der Waals surface area contributed by atoms with Gasteiger partial charge in [0.15, 0.2) is 0 Å². The molecule has 1 spiro atoms. The lowest BCUT2D eigenvalue weighted by Crippen LogP contribution is -2.45. The molecule has 16 heavy (non-hydrogen) atoms. The standard InChI is InChI=1S/C13H16N2O/c1-15-8-6-13(7-9-15)10-4-2-3-5-11(10)14-12(13)16/h2-5H,6-9H2,1H3,(H,14,16). The fraction of sp³-hybridized carbons (Fsp3) is 0.462. The Kier molecular flexibility index (Phi) is 2.04. The molecule has 2 heterocycles. The van der Waals surface area contributed by atoms with Crippen molar-refractivity contribution in [3.63, 3.8) is 0 Å². The van der Waals surface area contributed by atoms with Crippen LogP contribution in [0.2, 0.25) is 0 Å². The lowest BCUT2D eigenvalue weighted by atomic mass is 9.74. The normalized spacial score (nSPS) is 23.2. The summed E-state index contributed by atoms with van der Waals surface area (Å²) in [6, 6.07) is 8.10. The third-order valence-corrected chi connectivity index (χ3v) is 3.97. The maximum absolute atomic E-state index is 12.2. The van der Waals surface area contributed by atoms with E-state index in [0.717, 1.165) is 31.6 Å². The first-order valence-corrected chi connectivity index (χ1v) is 5.82. The number of benzene rings is 1. The number of rotatable bonds is 0. The molecule has 3 heteroatoms. The minimum absolute atomic E-state index is 0.196. The van der Waals surface area contributed by atoms with Gasteiger partial charge >= 0.3 is 0 Å². The van der Waals surface area contributed by atoms with E-state index in [1.54, 1.807) is 0 Å². The van der Waals surface area contributed by atoms with Gasteiger partial charge in [-0.15, -0.1) is 0 Å². The SMILES string of the molecule is CN1CCC2(CC1)C(=O)Nc1ccccc12. The van der Waals surface area contributed by atoms with Crippen LogP contribution in [0.1, 0.15) is 18.4 Å². The summed E-state index contributed by atoms with van der Waals surface area (Å²) >= 11 is 0. The number of hydrogen-bond donors (Lipinski definition) is 1. The maximum atomic E-state index is 12.2. The molecule has 1 fully saturated rings. The Labute approximate surface area is 95.4 Å². The molecule has 3 rings (SSSR count). The Morgan fingerprint density at radius 1 is 1.25 bits per heavy atom. The van der Waals surface area contributed by atoms with Crippen molar-refractivity contribution in [1.82, 2.24) is 4.90 Å². The van der Waals surface area contributed by atoms with E-state index in [0.29, 0.717) is 0 Å². The van der Waals surface area contributed by atoms with Gasteiger partial charge in [-0.05, 0) is 44.6 Å². The topological polar surface area (TPSA) is 32.3 Å². The summed E-state index contributed by atoms with van der Waals surface area (Å²) in [6.07, 6.45) is 1.87. The Morgan fingerprint density at radius 2 is 1.94 bits per heavy atom. The molecule has 1 aromatic rings. The molecule has 0 bridgehead atoms. The smallest absolute Gasteiger partial charge is 0.235 e. The lowest BCUT2D eigenvalue weighted by molar-refractivity contribution is -0.122. The van der Waals surface area contributed by atoms with Crippen LogP contribution in [-0.2, 0) is 10.2 Å². The second kappa shape index (κ2) is 3.32. The number of likely N-dealkylation sites (tertiary alicyclic amines) is 1. The summed E-state index contributed by atoms with van der Waals surface area (Å²) in [6.45, 7) is 2.00. The van der Waals surface area contributed by atoms with Crippen molar-refractivity contribution in [2.45, 2.75) is 18.3 Å². The molecule has 1 saturated heterocycles. The van der Waals surface area contributed by atoms with E-state index >= 15 is 0 Å². The van der Waals surface area contributed by atoms with Gasteiger partial charge in [0.1, 0.15) is 0 Å². The van der Waals surface area contributed by atoms with Crippen LogP contribution in [0.25, 0.3) is 0 Å². The summed E-state index contributed by atoms with van der Waals surface area (Å²) in [5, 5.41) is 3.02. The molecule has 0 radical (unpaired) electrons. The zero-order chi connectivity index (χ0) is 11.2. The molecule has 2 aliphatic heterocycles. The van der Waals surface area contributed by atoms with Crippen LogP contribution >= 0.6 is 0 Å². The molecule has 0 saturated carbocycles. The minimum Gasteiger partial charge on any atom is -0.325 e. The van der Waals surface area contributed by atoms with E-state index in [-0.39, 0.29) is 11.3 Å². The van der Waals surface area contributed by atoms with Crippen LogP contribution in [0.4, 0.5) is 5.69 Å². The summed E-state index contributed by atoms with van der Waals surface area (Å²) in [7, 11) is 2.12. The third kappa shape index (κ3) is 1.21. The van der Waals surface area contributed by atoms with Crippen LogP contribution in [0.15, 0.2) is 24.3 Å². The largest absolute Gasteiger partial charge is 0.325 e. The summed E-state index contributed by atoms with van der Waals surface area (Å²) in [5.74, 6) is 0.196. The van der Waals surface area contributed by atoms with Crippen LogP contribution in [0, 0.1) is 0 Å². The quantitative estimate of drug-likeness (QED) is 0.714. The number of carbonyl (C=O) groups excluding carboxylic acids is 1. The second-order valence-corrected chi connectivity index (χ2v) is 4.89. The lowest BCUT2D eigenvalue weighted by Gasteiger charge is -2.36. The van der Waals surface area contributed by atoms with Crippen LogP contribution in [-0.4, -0.2) is 30.9 Å². The van der Waals surface area contributed by atoms with Gasteiger partial charge in [-0.3, -0.25) is 4.79 Å². The molecular weight excluding hydrogens is 200 g/mol. The van der Waals surface area contributed by atoms with Gasteiger partial charge in [-0.2, -0.15) is 0 Å². The highest BCUT2D eigenvalue weighted by Crippen LogP contribution is 2.44. The molecule has 2 aliphatic rings. The first-order valence-electron chi connectivity index (χ1n) is 5.82. The van der Waals surface area contributed by atoms with Crippen LogP contribution in [0.3, 0.4) is 0 Å². The Balaban J connectivity index is 2.04. The highest BCUT2D eigenvalue weighted by Gasteiger charge is 2.47. The average Bonchev–Trinajstić information content (AvgIpc) is 2.57. The van der Waals surface area contributed by atoms with Gasteiger partial charge in [0.05, 0.1) is 5.41 Å². The number of anilines is 1. The zero-order valence-corrected chi connectivity index (χ0v) is 9.49. The molecule has 3 nitrogen and oxygen atoms in total. The van der Waals surface area contributed by atoms with E-state index in [2.05, 4.69) is 23.3 Å². The molecule has 1 N–H and O–H groups in total. The number of para-hydroxylation sites is 1. The van der Waals surface area contributed by atoms with Crippen molar-refractivity contribution in [3.8, 4) is 0 Å². The average molecular weight is 216 g/mol. The molecule has 1 aromatic carbocycles. The molecule has 0 atom stereocenters. The zero-order valence-electron chi connectivity index (χ0n) is 9.49. The van der Waals surface area contributed by atoms with Crippen molar-refractivity contribution in [2.75, 3.05) is 25.5 Å². The van der Waals surface area contributed by atoms with Crippen LogP contribution < -0.4 is 5.32 Å². The highest BCUT2D eigenvalue weighted by molar-refractivity contribution is 6.06. The molecule has 0 unspecified atom stereocenters. The fourth-order valence-electron chi connectivity index (χ4n) is 2.87. The Hall–Kier alpha value is -1.35. The summed E-state index contributed by atoms with van der Waals surface area (Å²) < 4.78 is 0. The van der Waals surface area contributed by atoms with Gasteiger partial charge in [-0.25, -0.2) is 0 Å². The van der Waals surface area contributed by atoms with Crippen molar-refractivity contribution >= 4 is 11.6 Å². The predicted molar refractivity (Wildman–Crippen MR) is 63.5 cm³/mol. The number of amides is 1. The van der Waals surface area contributed by atoms with Gasteiger partial charge in [0.2, 0.25) is 5.91 Å². The van der Waals surface area contributed by atoms with E-state index in [4.69, 9.17) is 0 Å². The number of carbonyl (C=O) groups is 1. The van der Waals surface area contributed by atoms with Crippen LogP contribution in [0.5, 0.6) is 0 Å². The van der Waals surface area contributed by atoms with Gasteiger partial charge in [-0.1, -0.05) is 18.2 Å². The monoisotopic (exact) mass is 216 g/mol. The van der Waals surface area contributed by atoms with Crippen molar-refractivity contribution < 1.29 is 4.79 Å². The first-order chi connectivity index (χ1) is 7.72.